The van der Waals surface area contributed by atoms with Gasteiger partial charge < -0.3 is 10.2 Å². The summed E-state index contributed by atoms with van der Waals surface area (Å²) in [5.74, 6) is 0.197. The van der Waals surface area contributed by atoms with Crippen LogP contribution in [0.15, 0.2) is 72.9 Å². The average molecular weight is 457 g/mol. The van der Waals surface area contributed by atoms with Crippen LogP contribution < -0.4 is 10.2 Å². The third-order valence-corrected chi connectivity index (χ3v) is 6.74. The number of piperidine rings is 1. The molecule has 2 aromatic heterocycles. The van der Waals surface area contributed by atoms with E-state index < -0.39 is 0 Å². The maximum Gasteiger partial charge on any atom is 0.270 e. The summed E-state index contributed by atoms with van der Waals surface area (Å²) < 4.78 is 15.1. The van der Waals surface area contributed by atoms with E-state index in [1.54, 1.807) is 12.1 Å². The van der Waals surface area contributed by atoms with Crippen LogP contribution in [0.4, 0.5) is 10.1 Å². The van der Waals surface area contributed by atoms with E-state index in [1.165, 1.54) is 11.3 Å². The van der Waals surface area contributed by atoms with Gasteiger partial charge in [-0.2, -0.15) is 0 Å². The molecule has 0 aliphatic carbocycles. The topological polar surface area (TPSA) is 49.6 Å². The fourth-order valence-electron chi connectivity index (χ4n) is 4.83. The minimum absolute atomic E-state index is 0.109. The van der Waals surface area contributed by atoms with Crippen LogP contribution in [0.5, 0.6) is 0 Å². The van der Waals surface area contributed by atoms with Gasteiger partial charge in [0.1, 0.15) is 17.2 Å². The normalized spacial score (nSPS) is 14.5. The van der Waals surface area contributed by atoms with Crippen molar-refractivity contribution in [1.29, 1.82) is 0 Å². The number of halogens is 1. The van der Waals surface area contributed by atoms with Gasteiger partial charge in [0.15, 0.2) is 0 Å². The number of imidazole rings is 1. The molecule has 0 spiro atoms. The molecule has 5 rings (SSSR count). The summed E-state index contributed by atoms with van der Waals surface area (Å²) in [5.41, 5.74) is 5.69. The second-order valence-electron chi connectivity index (χ2n) is 8.85. The van der Waals surface area contributed by atoms with Crippen molar-refractivity contribution in [2.75, 3.05) is 18.0 Å². The number of nitrogens with one attached hydrogen (secondary N) is 1. The van der Waals surface area contributed by atoms with Gasteiger partial charge in [-0.15, -0.1) is 0 Å². The zero-order chi connectivity index (χ0) is 23.5. The standard InChI is InChI=1S/C28H29FN4O/c1-2-25-27(33-16-4-3-5-26(33)31-25)28(34)30-19-20-6-12-24(13-7-20)32-17-14-22(15-18-32)21-8-10-23(29)11-9-21/h3-13,16,22H,2,14-15,17-19H2,1H3,(H,30,34). The first-order valence-electron chi connectivity index (χ1n) is 12.0. The van der Waals surface area contributed by atoms with E-state index in [0.29, 0.717) is 24.6 Å². The van der Waals surface area contributed by atoms with E-state index in [-0.39, 0.29) is 11.7 Å². The number of carbonyl (C=O) groups is 1. The SMILES string of the molecule is CCc1nc2ccccn2c1C(=O)NCc1ccc(N2CCC(c3ccc(F)cc3)CC2)cc1. The van der Waals surface area contributed by atoms with Gasteiger partial charge in [0.25, 0.3) is 5.91 Å². The second kappa shape index (κ2) is 9.67. The van der Waals surface area contributed by atoms with Gasteiger partial charge in [0, 0.05) is 31.5 Å². The molecular formula is C28H29FN4O. The number of aryl methyl sites for hydroxylation is 1. The number of pyridine rings is 1. The summed E-state index contributed by atoms with van der Waals surface area (Å²) in [6.45, 7) is 4.44. The molecule has 0 unspecified atom stereocenters. The lowest BCUT2D eigenvalue weighted by molar-refractivity contribution is 0.0944. The van der Waals surface area contributed by atoms with Crippen molar-refractivity contribution in [2.24, 2.45) is 0 Å². The zero-order valence-corrected chi connectivity index (χ0v) is 19.4. The molecule has 0 bridgehead atoms. The molecule has 0 atom stereocenters. The lowest BCUT2D eigenvalue weighted by Crippen LogP contribution is -2.32. The van der Waals surface area contributed by atoms with Crippen LogP contribution in [-0.4, -0.2) is 28.4 Å². The van der Waals surface area contributed by atoms with Gasteiger partial charge >= 0.3 is 0 Å². The lowest BCUT2D eigenvalue weighted by Gasteiger charge is -2.34. The van der Waals surface area contributed by atoms with Crippen molar-refractivity contribution in [2.45, 2.75) is 38.6 Å². The van der Waals surface area contributed by atoms with Crippen LogP contribution in [0.2, 0.25) is 0 Å². The summed E-state index contributed by atoms with van der Waals surface area (Å²) in [6, 6.07) is 21.1. The van der Waals surface area contributed by atoms with Crippen LogP contribution in [0.3, 0.4) is 0 Å². The fraction of sp³-hybridized carbons (Fsp3) is 0.286. The Morgan fingerprint density at radius 3 is 2.47 bits per heavy atom. The number of benzene rings is 2. The quantitative estimate of drug-likeness (QED) is 0.426. The van der Waals surface area contributed by atoms with Crippen molar-refractivity contribution < 1.29 is 9.18 Å². The Bertz CT molecular complexity index is 1270. The first kappa shape index (κ1) is 22.1. The number of anilines is 1. The molecule has 174 valence electrons. The zero-order valence-electron chi connectivity index (χ0n) is 19.4. The van der Waals surface area contributed by atoms with E-state index in [9.17, 15) is 9.18 Å². The predicted molar refractivity (Wildman–Crippen MR) is 133 cm³/mol. The summed E-state index contributed by atoms with van der Waals surface area (Å²) in [6.07, 6.45) is 4.70. The van der Waals surface area contributed by atoms with Crippen LogP contribution in [0.1, 0.15) is 53.0 Å². The molecule has 6 heteroatoms. The highest BCUT2D eigenvalue weighted by Crippen LogP contribution is 2.30. The van der Waals surface area contributed by atoms with Crippen LogP contribution in [-0.2, 0) is 13.0 Å². The summed E-state index contributed by atoms with van der Waals surface area (Å²) in [7, 11) is 0. The Labute approximate surface area is 199 Å². The van der Waals surface area contributed by atoms with Gasteiger partial charge in [0.2, 0.25) is 0 Å². The van der Waals surface area contributed by atoms with Crippen LogP contribution in [0, 0.1) is 5.82 Å². The largest absolute Gasteiger partial charge is 0.371 e. The minimum atomic E-state index is -0.179. The third-order valence-electron chi connectivity index (χ3n) is 6.74. The molecule has 1 amide bonds. The molecule has 1 saturated heterocycles. The summed E-state index contributed by atoms with van der Waals surface area (Å²) in [4.78, 5) is 19.9. The Morgan fingerprint density at radius 1 is 1.03 bits per heavy atom. The highest BCUT2D eigenvalue weighted by Gasteiger charge is 2.21. The number of rotatable bonds is 6. The van der Waals surface area contributed by atoms with Crippen molar-refractivity contribution >= 4 is 17.2 Å². The van der Waals surface area contributed by atoms with E-state index in [2.05, 4.69) is 39.5 Å². The Hall–Kier alpha value is -3.67. The lowest BCUT2D eigenvalue weighted by atomic mass is 9.89. The number of aromatic nitrogens is 2. The molecule has 2 aromatic carbocycles. The minimum Gasteiger partial charge on any atom is -0.371 e. The van der Waals surface area contributed by atoms with Crippen molar-refractivity contribution in [3.8, 4) is 0 Å². The molecule has 34 heavy (non-hydrogen) atoms. The maximum atomic E-state index is 13.2. The number of carbonyl (C=O) groups excluding carboxylic acids is 1. The molecular weight excluding hydrogens is 427 g/mol. The van der Waals surface area contributed by atoms with Gasteiger partial charge in [-0.3, -0.25) is 9.20 Å². The van der Waals surface area contributed by atoms with Crippen LogP contribution in [0.25, 0.3) is 5.65 Å². The number of hydrogen-bond acceptors (Lipinski definition) is 3. The Morgan fingerprint density at radius 2 is 1.76 bits per heavy atom. The first-order valence-corrected chi connectivity index (χ1v) is 12.0. The Balaban J connectivity index is 1.19. The monoisotopic (exact) mass is 456 g/mol. The Kier molecular flexibility index (Phi) is 6.30. The molecule has 0 radical (unpaired) electrons. The first-order chi connectivity index (χ1) is 16.6. The number of nitrogens with zero attached hydrogens (tertiary/aromatic N) is 3. The predicted octanol–water partition coefficient (Wildman–Crippen LogP) is 5.35. The number of amides is 1. The molecule has 1 aliphatic heterocycles. The summed E-state index contributed by atoms with van der Waals surface area (Å²) in [5, 5.41) is 3.06. The second-order valence-corrected chi connectivity index (χ2v) is 8.85. The fourth-order valence-corrected chi connectivity index (χ4v) is 4.83. The van der Waals surface area contributed by atoms with Crippen LogP contribution >= 0.6 is 0 Å². The van der Waals surface area contributed by atoms with Crippen molar-refractivity contribution in [3.05, 3.63) is 101 Å². The third kappa shape index (κ3) is 4.53. The maximum absolute atomic E-state index is 13.2. The van der Waals surface area contributed by atoms with E-state index in [0.717, 1.165) is 42.8 Å². The molecule has 4 aromatic rings. The van der Waals surface area contributed by atoms with Crippen molar-refractivity contribution in [3.63, 3.8) is 0 Å². The highest BCUT2D eigenvalue weighted by molar-refractivity contribution is 5.94. The summed E-state index contributed by atoms with van der Waals surface area (Å²) >= 11 is 0. The number of fused-ring (bicyclic) bond motifs is 1. The molecule has 5 nitrogen and oxygen atoms in total. The van der Waals surface area contributed by atoms with Gasteiger partial charge in [-0.05, 0) is 72.7 Å². The van der Waals surface area contributed by atoms with Gasteiger partial charge in [-0.25, -0.2) is 9.37 Å². The highest BCUT2D eigenvalue weighted by atomic mass is 19.1. The van der Waals surface area contributed by atoms with Crippen molar-refractivity contribution in [1.82, 2.24) is 14.7 Å². The average Bonchev–Trinajstić information content (AvgIpc) is 3.27. The molecule has 1 aliphatic rings. The van der Waals surface area contributed by atoms with E-state index >= 15 is 0 Å². The van der Waals surface area contributed by atoms with E-state index in [4.69, 9.17) is 0 Å². The van der Waals surface area contributed by atoms with E-state index in [1.807, 2.05) is 47.9 Å². The molecule has 1 fully saturated rings. The van der Waals surface area contributed by atoms with Gasteiger partial charge in [-0.1, -0.05) is 37.3 Å². The number of hydrogen-bond donors (Lipinski definition) is 1. The smallest absolute Gasteiger partial charge is 0.270 e. The van der Waals surface area contributed by atoms with Gasteiger partial charge in [0.05, 0.1) is 5.69 Å². The molecule has 3 heterocycles. The molecule has 1 N–H and O–H groups in total. The molecule has 0 saturated carbocycles.